The van der Waals surface area contributed by atoms with Crippen LogP contribution in [-0.2, 0) is 9.59 Å². The zero-order chi connectivity index (χ0) is 12.3. The van der Waals surface area contributed by atoms with Gasteiger partial charge in [0.15, 0.2) is 0 Å². The fourth-order valence-electron chi connectivity index (χ4n) is 1.94. The smallest absolute Gasteiger partial charge is 0.320 e. The molecule has 1 rings (SSSR count). The Labute approximate surface area is 95.8 Å². The minimum Gasteiger partial charge on any atom is -0.480 e. The predicted molar refractivity (Wildman–Crippen MR) is 60.1 cm³/mol. The van der Waals surface area contributed by atoms with Crippen LogP contribution in [0.3, 0.4) is 0 Å². The molecule has 0 saturated carbocycles. The lowest BCUT2D eigenvalue weighted by atomic mass is 10.1. The first-order chi connectivity index (χ1) is 7.29. The maximum atomic E-state index is 11.6. The Hall–Kier alpha value is -1.10. The van der Waals surface area contributed by atoms with Gasteiger partial charge in [0.25, 0.3) is 0 Å². The van der Waals surface area contributed by atoms with E-state index in [1.54, 1.807) is 4.90 Å². The molecule has 1 unspecified atom stereocenters. The van der Waals surface area contributed by atoms with Gasteiger partial charge < -0.3 is 10.4 Å². The zero-order valence-corrected chi connectivity index (χ0v) is 10.1. The summed E-state index contributed by atoms with van der Waals surface area (Å²) in [4.78, 5) is 24.3. The van der Waals surface area contributed by atoms with Gasteiger partial charge >= 0.3 is 5.97 Å². The van der Waals surface area contributed by atoms with Crippen LogP contribution < -0.4 is 5.32 Å². The summed E-state index contributed by atoms with van der Waals surface area (Å²) in [6, 6.07) is -0.495. The van der Waals surface area contributed by atoms with Crippen molar-refractivity contribution in [1.29, 1.82) is 0 Å². The van der Waals surface area contributed by atoms with Crippen molar-refractivity contribution in [2.24, 2.45) is 0 Å². The fourth-order valence-corrected chi connectivity index (χ4v) is 1.94. The molecule has 1 fully saturated rings. The third-order valence-electron chi connectivity index (χ3n) is 2.51. The van der Waals surface area contributed by atoms with Crippen LogP contribution in [0.4, 0.5) is 0 Å². The van der Waals surface area contributed by atoms with Crippen LogP contribution >= 0.6 is 0 Å². The van der Waals surface area contributed by atoms with Crippen molar-refractivity contribution < 1.29 is 14.7 Å². The van der Waals surface area contributed by atoms with Gasteiger partial charge in [-0.05, 0) is 40.2 Å². The lowest BCUT2D eigenvalue weighted by Gasteiger charge is -2.25. The van der Waals surface area contributed by atoms with Gasteiger partial charge in [-0.1, -0.05) is 0 Å². The number of hydrogen-bond acceptors (Lipinski definition) is 3. The first-order valence-corrected chi connectivity index (χ1v) is 5.57. The van der Waals surface area contributed by atoms with Gasteiger partial charge in [0, 0.05) is 5.54 Å². The van der Waals surface area contributed by atoms with Crippen LogP contribution in [0.2, 0.25) is 0 Å². The highest BCUT2D eigenvalue weighted by Crippen LogP contribution is 2.16. The summed E-state index contributed by atoms with van der Waals surface area (Å²) < 4.78 is 0. The first-order valence-electron chi connectivity index (χ1n) is 5.57. The molecule has 0 radical (unpaired) electrons. The number of carbonyl (C=O) groups excluding carboxylic acids is 1. The van der Waals surface area contributed by atoms with Gasteiger partial charge in [0.2, 0.25) is 5.91 Å². The quantitative estimate of drug-likeness (QED) is 0.736. The van der Waals surface area contributed by atoms with E-state index < -0.39 is 12.0 Å². The molecule has 16 heavy (non-hydrogen) atoms. The molecule has 0 bridgehead atoms. The van der Waals surface area contributed by atoms with Gasteiger partial charge in [-0.2, -0.15) is 0 Å². The van der Waals surface area contributed by atoms with E-state index in [1.165, 1.54) is 0 Å². The molecule has 0 aromatic heterocycles. The summed E-state index contributed by atoms with van der Waals surface area (Å²) in [6.07, 6.45) is 1.48. The van der Waals surface area contributed by atoms with Crippen LogP contribution in [0.15, 0.2) is 0 Å². The summed E-state index contributed by atoms with van der Waals surface area (Å²) in [7, 11) is 0. The number of carboxylic acid groups (broad SMARTS) is 1. The van der Waals surface area contributed by atoms with Gasteiger partial charge in [-0.25, -0.2) is 0 Å². The second-order valence-electron chi connectivity index (χ2n) is 5.26. The maximum absolute atomic E-state index is 11.6. The lowest BCUT2D eigenvalue weighted by Crippen LogP contribution is -2.48. The number of aliphatic carboxylic acids is 1. The number of nitrogens with zero attached hydrogens (tertiary/aromatic N) is 1. The van der Waals surface area contributed by atoms with Crippen molar-refractivity contribution in [2.75, 3.05) is 13.1 Å². The summed E-state index contributed by atoms with van der Waals surface area (Å²) in [6.45, 7) is 6.58. The second kappa shape index (κ2) is 4.82. The van der Waals surface area contributed by atoms with Crippen LogP contribution in [0.1, 0.15) is 33.6 Å². The van der Waals surface area contributed by atoms with Crippen molar-refractivity contribution in [2.45, 2.75) is 45.2 Å². The average molecular weight is 228 g/mol. The molecule has 5 heteroatoms. The molecule has 0 aliphatic carbocycles. The minimum atomic E-state index is -0.832. The molecular formula is C11H20N2O3. The molecule has 0 spiro atoms. The Kier molecular flexibility index (Phi) is 3.91. The molecule has 92 valence electrons. The van der Waals surface area contributed by atoms with E-state index >= 15 is 0 Å². The molecular weight excluding hydrogens is 208 g/mol. The molecule has 1 aliphatic rings. The number of likely N-dealkylation sites (tertiary alicyclic amines) is 1. The molecule has 1 aliphatic heterocycles. The Balaban J connectivity index is 2.47. The summed E-state index contributed by atoms with van der Waals surface area (Å²) in [5.41, 5.74) is -0.268. The number of rotatable bonds is 3. The van der Waals surface area contributed by atoms with Crippen LogP contribution in [0.25, 0.3) is 0 Å². The highest BCUT2D eigenvalue weighted by atomic mass is 16.4. The molecule has 2 N–H and O–H groups in total. The van der Waals surface area contributed by atoms with Crippen molar-refractivity contribution in [3.63, 3.8) is 0 Å². The number of nitrogens with one attached hydrogen (secondary N) is 1. The average Bonchev–Trinajstić information content (AvgIpc) is 2.47. The van der Waals surface area contributed by atoms with Gasteiger partial charge in [0.1, 0.15) is 6.04 Å². The largest absolute Gasteiger partial charge is 0.480 e. The van der Waals surface area contributed by atoms with Crippen molar-refractivity contribution in [3.8, 4) is 0 Å². The Morgan fingerprint density at radius 2 is 2.06 bits per heavy atom. The molecule has 1 amide bonds. The lowest BCUT2D eigenvalue weighted by molar-refractivity contribution is -0.142. The van der Waals surface area contributed by atoms with E-state index in [4.69, 9.17) is 5.11 Å². The van der Waals surface area contributed by atoms with Gasteiger partial charge in [-0.3, -0.25) is 14.5 Å². The fraction of sp³-hybridized carbons (Fsp3) is 0.818. The summed E-state index contributed by atoms with van der Waals surface area (Å²) in [5, 5.41) is 11.8. The molecule has 0 aromatic rings. The molecule has 0 aromatic carbocycles. The number of amides is 1. The zero-order valence-electron chi connectivity index (χ0n) is 10.1. The van der Waals surface area contributed by atoms with Crippen LogP contribution in [0, 0.1) is 0 Å². The summed E-state index contributed by atoms with van der Waals surface area (Å²) >= 11 is 0. The number of carbonyl (C=O) groups is 2. The van der Waals surface area contributed by atoms with Gasteiger partial charge in [0.05, 0.1) is 6.54 Å². The van der Waals surface area contributed by atoms with E-state index in [0.29, 0.717) is 13.0 Å². The van der Waals surface area contributed by atoms with Crippen LogP contribution in [0.5, 0.6) is 0 Å². The third-order valence-corrected chi connectivity index (χ3v) is 2.51. The van der Waals surface area contributed by atoms with E-state index in [2.05, 4.69) is 5.32 Å². The predicted octanol–water partition coefficient (Wildman–Crippen LogP) is 0.450. The standard InChI is InChI=1S/C11H20N2O3/c1-11(2,3)12-9(14)7-13-6-4-5-8(13)10(15)16/h8H,4-7H2,1-3H3,(H,12,14)(H,15,16). The Bertz CT molecular complexity index is 283. The minimum absolute atomic E-state index is 0.111. The van der Waals surface area contributed by atoms with Crippen molar-refractivity contribution >= 4 is 11.9 Å². The summed E-state index contributed by atoms with van der Waals surface area (Å²) in [5.74, 6) is -0.943. The van der Waals surface area contributed by atoms with Crippen LogP contribution in [-0.4, -0.2) is 46.6 Å². The van der Waals surface area contributed by atoms with E-state index in [-0.39, 0.29) is 18.0 Å². The Morgan fingerprint density at radius 1 is 1.44 bits per heavy atom. The van der Waals surface area contributed by atoms with E-state index in [0.717, 1.165) is 6.42 Å². The highest BCUT2D eigenvalue weighted by Gasteiger charge is 2.32. The first kappa shape index (κ1) is 13.0. The third kappa shape index (κ3) is 3.81. The Morgan fingerprint density at radius 3 is 2.56 bits per heavy atom. The monoisotopic (exact) mass is 228 g/mol. The van der Waals surface area contributed by atoms with E-state index in [9.17, 15) is 9.59 Å². The maximum Gasteiger partial charge on any atom is 0.320 e. The molecule has 1 saturated heterocycles. The topological polar surface area (TPSA) is 69.6 Å². The molecule has 5 nitrogen and oxygen atoms in total. The highest BCUT2D eigenvalue weighted by molar-refractivity contribution is 5.80. The van der Waals surface area contributed by atoms with E-state index in [1.807, 2.05) is 20.8 Å². The molecule has 1 atom stereocenters. The second-order valence-corrected chi connectivity index (χ2v) is 5.26. The number of hydrogen-bond donors (Lipinski definition) is 2. The van der Waals surface area contributed by atoms with Gasteiger partial charge in [-0.15, -0.1) is 0 Å². The van der Waals surface area contributed by atoms with Crippen molar-refractivity contribution in [1.82, 2.24) is 10.2 Å². The molecule has 1 heterocycles. The SMILES string of the molecule is CC(C)(C)NC(=O)CN1CCCC1C(=O)O. The number of carboxylic acids is 1. The normalized spacial score (nSPS) is 22.1. The van der Waals surface area contributed by atoms with Crippen molar-refractivity contribution in [3.05, 3.63) is 0 Å².